The third-order valence-corrected chi connectivity index (χ3v) is 7.12. The molecule has 0 aliphatic heterocycles. The minimum absolute atomic E-state index is 0.00363. The third kappa shape index (κ3) is 5.58. The summed E-state index contributed by atoms with van der Waals surface area (Å²) < 4.78 is 63.3. The zero-order chi connectivity index (χ0) is 27.1. The molecule has 2 atom stereocenters. The molecule has 4 rings (SSSR count). The van der Waals surface area contributed by atoms with Gasteiger partial charge in [-0.3, -0.25) is 9.59 Å². The molecule has 1 aromatic heterocycles. The van der Waals surface area contributed by atoms with Crippen LogP contribution in [0.25, 0.3) is 5.69 Å². The second kappa shape index (κ2) is 9.96. The molecule has 1 fully saturated rings. The molecule has 12 heteroatoms. The Kier molecular flexibility index (Phi) is 7.24. The van der Waals surface area contributed by atoms with Crippen LogP contribution < -0.4 is 16.8 Å². The lowest BCUT2D eigenvalue weighted by Gasteiger charge is -2.33. The van der Waals surface area contributed by atoms with E-state index in [4.69, 9.17) is 16.2 Å². The third-order valence-electron chi connectivity index (χ3n) is 7.12. The molecule has 37 heavy (non-hydrogen) atoms. The average molecular weight is 526 g/mol. The summed E-state index contributed by atoms with van der Waals surface area (Å²) in [6, 6.07) is 1.86. The molecule has 0 unspecified atom stereocenters. The maximum absolute atomic E-state index is 15.3. The van der Waals surface area contributed by atoms with Crippen molar-refractivity contribution in [3.8, 4) is 5.69 Å². The van der Waals surface area contributed by atoms with E-state index in [2.05, 4.69) is 10.4 Å². The van der Waals surface area contributed by atoms with E-state index in [0.717, 1.165) is 23.6 Å². The summed E-state index contributed by atoms with van der Waals surface area (Å²) in [5.41, 5.74) is 9.60. The van der Waals surface area contributed by atoms with Crippen LogP contribution in [0.1, 0.15) is 73.3 Å². The number of fused-ring (bicyclic) bond motifs is 1. The first-order valence-electron chi connectivity index (χ1n) is 12.3. The number of anilines is 1. The normalized spacial score (nSPS) is 21.3. The minimum atomic E-state index is -4.67. The number of nitrogens with one attached hydrogen (secondary N) is 1. The molecule has 5 N–H and O–H groups in total. The summed E-state index contributed by atoms with van der Waals surface area (Å²) in [5, 5.41) is 6.94. The van der Waals surface area contributed by atoms with Crippen molar-refractivity contribution in [1.82, 2.24) is 9.78 Å². The SMILES string of the molecule is CC1(C)CCc2c(C(F)(F)F)nn(-c3cc(F)c(C(N)=O)c(N[C@H]4CCCC[C@@H]4OC(=O)CN)c3)c2C1. The van der Waals surface area contributed by atoms with Gasteiger partial charge in [0.2, 0.25) is 0 Å². The van der Waals surface area contributed by atoms with Crippen molar-refractivity contribution in [2.45, 2.75) is 77.1 Å². The van der Waals surface area contributed by atoms with Crippen LogP contribution in [0.3, 0.4) is 0 Å². The maximum atomic E-state index is 15.3. The minimum Gasteiger partial charge on any atom is -0.459 e. The first-order chi connectivity index (χ1) is 17.3. The highest BCUT2D eigenvalue weighted by Gasteiger charge is 2.42. The Hall–Kier alpha value is -3.15. The van der Waals surface area contributed by atoms with Crippen LogP contribution in [0.15, 0.2) is 12.1 Å². The van der Waals surface area contributed by atoms with E-state index in [1.165, 1.54) is 6.07 Å². The Morgan fingerprint density at radius 3 is 2.59 bits per heavy atom. The molecule has 202 valence electrons. The first kappa shape index (κ1) is 26.9. The van der Waals surface area contributed by atoms with E-state index in [1.54, 1.807) is 0 Å². The van der Waals surface area contributed by atoms with Gasteiger partial charge in [-0.15, -0.1) is 0 Å². The number of carbonyl (C=O) groups excluding carboxylic acids is 2. The van der Waals surface area contributed by atoms with Gasteiger partial charge in [0, 0.05) is 17.3 Å². The molecule has 1 heterocycles. The molecule has 0 radical (unpaired) electrons. The van der Waals surface area contributed by atoms with Gasteiger partial charge >= 0.3 is 12.1 Å². The van der Waals surface area contributed by atoms with Crippen molar-refractivity contribution < 1.29 is 31.9 Å². The second-order valence-corrected chi connectivity index (χ2v) is 10.5. The summed E-state index contributed by atoms with van der Waals surface area (Å²) in [4.78, 5) is 24.0. The molecule has 1 aromatic carbocycles. The highest BCUT2D eigenvalue weighted by molar-refractivity contribution is 5.99. The van der Waals surface area contributed by atoms with E-state index in [0.29, 0.717) is 31.4 Å². The molecule has 2 aromatic rings. The number of nitrogens with zero attached hydrogens (tertiary/aromatic N) is 2. The van der Waals surface area contributed by atoms with Crippen LogP contribution in [-0.2, 0) is 28.5 Å². The van der Waals surface area contributed by atoms with Crippen LogP contribution in [-0.4, -0.2) is 40.3 Å². The summed E-state index contributed by atoms with van der Waals surface area (Å²) in [5.74, 6) is -2.64. The first-order valence-corrected chi connectivity index (χ1v) is 12.3. The predicted octanol–water partition coefficient (Wildman–Crippen LogP) is 3.87. The number of hydrogen-bond donors (Lipinski definition) is 3. The highest BCUT2D eigenvalue weighted by atomic mass is 19.4. The number of rotatable bonds is 6. The fraction of sp³-hybridized carbons (Fsp3) is 0.560. The van der Waals surface area contributed by atoms with Crippen LogP contribution in [0, 0.1) is 11.2 Å². The standard InChI is InChI=1S/C25H31F4N5O3/c1-24(2)8-7-14-18(11-24)34(33-22(14)25(27,28)29)13-9-15(26)21(23(31)36)17(10-13)32-16-5-3-4-6-19(16)37-20(35)12-30/h9-10,16,19,32H,3-8,11-12,30H2,1-2H3,(H2,31,36)/t16-,19-/m0/s1. The number of carbonyl (C=O) groups is 2. The topological polar surface area (TPSA) is 125 Å². The van der Waals surface area contributed by atoms with Crippen molar-refractivity contribution in [3.05, 3.63) is 40.5 Å². The molecule has 2 aliphatic carbocycles. The van der Waals surface area contributed by atoms with Gasteiger partial charge in [0.05, 0.1) is 29.5 Å². The lowest BCUT2D eigenvalue weighted by molar-refractivity contribution is -0.149. The van der Waals surface area contributed by atoms with Gasteiger partial charge < -0.3 is 21.5 Å². The molecule has 1 saturated carbocycles. The number of amides is 1. The van der Waals surface area contributed by atoms with E-state index in [1.807, 2.05) is 13.8 Å². The molecule has 2 aliphatic rings. The summed E-state index contributed by atoms with van der Waals surface area (Å²) >= 11 is 0. The fourth-order valence-electron chi connectivity index (χ4n) is 5.27. The number of primary amides is 1. The summed E-state index contributed by atoms with van der Waals surface area (Å²) in [6.07, 6.45) is -1.51. The van der Waals surface area contributed by atoms with E-state index >= 15 is 4.39 Å². The van der Waals surface area contributed by atoms with Gasteiger partial charge in [-0.2, -0.15) is 18.3 Å². The Labute approximate surface area is 211 Å². The number of ether oxygens (including phenoxy) is 1. The monoisotopic (exact) mass is 525 g/mol. The number of benzene rings is 1. The lowest BCUT2D eigenvalue weighted by Crippen LogP contribution is -2.41. The maximum Gasteiger partial charge on any atom is 0.435 e. The van der Waals surface area contributed by atoms with Crippen molar-refractivity contribution in [1.29, 1.82) is 0 Å². The van der Waals surface area contributed by atoms with Gasteiger partial charge in [0.25, 0.3) is 5.91 Å². The number of halogens is 4. The Balaban J connectivity index is 1.80. The van der Waals surface area contributed by atoms with Gasteiger partial charge in [-0.1, -0.05) is 20.3 Å². The Bertz CT molecular complexity index is 1210. The number of esters is 1. The van der Waals surface area contributed by atoms with Gasteiger partial charge in [-0.05, 0) is 50.0 Å². The Morgan fingerprint density at radius 1 is 1.24 bits per heavy atom. The average Bonchev–Trinajstić information content (AvgIpc) is 3.17. The fourth-order valence-corrected chi connectivity index (χ4v) is 5.27. The second-order valence-electron chi connectivity index (χ2n) is 10.5. The van der Waals surface area contributed by atoms with Crippen LogP contribution in [0.4, 0.5) is 23.2 Å². The van der Waals surface area contributed by atoms with Gasteiger partial charge in [0.1, 0.15) is 11.9 Å². The van der Waals surface area contributed by atoms with Crippen molar-refractivity contribution in [2.75, 3.05) is 11.9 Å². The number of hydrogen-bond acceptors (Lipinski definition) is 6. The zero-order valence-corrected chi connectivity index (χ0v) is 20.8. The quantitative estimate of drug-likeness (QED) is 0.389. The van der Waals surface area contributed by atoms with Crippen molar-refractivity contribution in [3.63, 3.8) is 0 Å². The smallest absolute Gasteiger partial charge is 0.435 e. The molecule has 0 bridgehead atoms. The van der Waals surface area contributed by atoms with Crippen LogP contribution >= 0.6 is 0 Å². The number of aromatic nitrogens is 2. The highest BCUT2D eigenvalue weighted by Crippen LogP contribution is 2.42. The van der Waals surface area contributed by atoms with E-state index < -0.39 is 47.3 Å². The van der Waals surface area contributed by atoms with Crippen LogP contribution in [0.5, 0.6) is 0 Å². The molecule has 0 saturated heterocycles. The van der Waals surface area contributed by atoms with Crippen molar-refractivity contribution >= 4 is 17.6 Å². The van der Waals surface area contributed by atoms with Gasteiger partial charge in [0.15, 0.2) is 5.69 Å². The molecule has 8 nitrogen and oxygen atoms in total. The van der Waals surface area contributed by atoms with Crippen LogP contribution in [0.2, 0.25) is 0 Å². The summed E-state index contributed by atoms with van der Waals surface area (Å²) in [7, 11) is 0. The number of alkyl halides is 3. The Morgan fingerprint density at radius 2 is 1.95 bits per heavy atom. The van der Waals surface area contributed by atoms with Crippen molar-refractivity contribution in [2.24, 2.45) is 16.9 Å². The summed E-state index contributed by atoms with van der Waals surface area (Å²) in [6.45, 7) is 3.61. The molecule has 1 amide bonds. The zero-order valence-electron chi connectivity index (χ0n) is 20.8. The lowest BCUT2D eigenvalue weighted by atomic mass is 9.76. The van der Waals surface area contributed by atoms with E-state index in [9.17, 15) is 22.8 Å². The molecular formula is C25H31F4N5O3. The largest absolute Gasteiger partial charge is 0.459 e. The number of nitrogens with two attached hydrogens (primary N) is 2. The molecular weight excluding hydrogens is 494 g/mol. The molecule has 0 spiro atoms. The van der Waals surface area contributed by atoms with Gasteiger partial charge in [-0.25, -0.2) is 9.07 Å². The van der Waals surface area contributed by atoms with E-state index in [-0.39, 0.29) is 35.3 Å². The predicted molar refractivity (Wildman–Crippen MR) is 128 cm³/mol.